The number of hydrogen-bond acceptors (Lipinski definition) is 4. The molecule has 0 saturated carbocycles. The van der Waals surface area contributed by atoms with Crippen molar-refractivity contribution in [2.45, 2.75) is 36.8 Å². The highest BCUT2D eigenvalue weighted by atomic mass is 32.2. The van der Waals surface area contributed by atoms with Crippen LogP contribution in [0.3, 0.4) is 0 Å². The number of urea groups is 1. The van der Waals surface area contributed by atoms with Gasteiger partial charge in [0.15, 0.2) is 0 Å². The lowest BCUT2D eigenvalue weighted by Crippen LogP contribution is -2.44. The van der Waals surface area contributed by atoms with Crippen molar-refractivity contribution >= 4 is 21.7 Å². The molecule has 2 aromatic rings. The fourth-order valence-electron chi connectivity index (χ4n) is 3.98. The molecule has 1 N–H and O–H groups in total. The molecule has 0 aromatic heterocycles. The topological polar surface area (TPSA) is 79.0 Å². The van der Waals surface area contributed by atoms with Crippen molar-refractivity contribution in [1.82, 2.24) is 9.21 Å². The highest BCUT2D eigenvalue weighted by molar-refractivity contribution is 7.89. The molecule has 4 rings (SSSR count). The first-order valence-corrected chi connectivity index (χ1v) is 11.2. The van der Waals surface area contributed by atoms with Crippen molar-refractivity contribution < 1.29 is 17.9 Å². The summed E-state index contributed by atoms with van der Waals surface area (Å²) in [5, 5.41) is 2.96. The van der Waals surface area contributed by atoms with E-state index in [1.807, 2.05) is 31.2 Å². The van der Waals surface area contributed by atoms with Crippen LogP contribution in [-0.4, -0.2) is 55.9 Å². The lowest BCUT2D eigenvalue weighted by atomic mass is 10.1. The van der Waals surface area contributed by atoms with Gasteiger partial charge in [-0.2, -0.15) is 4.31 Å². The Morgan fingerprint density at radius 3 is 2.55 bits per heavy atom. The number of para-hydroxylation sites is 2. The summed E-state index contributed by atoms with van der Waals surface area (Å²) in [4.78, 5) is 14.7. The Balaban J connectivity index is 1.54. The molecule has 2 aliphatic heterocycles. The largest absolute Gasteiger partial charge is 0.487 e. The minimum Gasteiger partial charge on any atom is -0.487 e. The van der Waals surface area contributed by atoms with E-state index in [0.29, 0.717) is 31.7 Å². The van der Waals surface area contributed by atoms with E-state index in [-0.39, 0.29) is 23.1 Å². The first-order chi connectivity index (χ1) is 13.9. The van der Waals surface area contributed by atoms with Gasteiger partial charge in [0.1, 0.15) is 16.7 Å². The fraction of sp³-hybridized carbons (Fsp3) is 0.381. The Hall–Kier alpha value is -2.58. The SMILES string of the molecule is Cc1ccccc1NC(=O)N1CC[C@@H]2Oc3ccccc3S(=O)(=O)N(C)[C@H]2CC1. The Morgan fingerprint density at radius 2 is 1.76 bits per heavy atom. The quantitative estimate of drug-likeness (QED) is 0.776. The van der Waals surface area contributed by atoms with Crippen LogP contribution in [0.1, 0.15) is 18.4 Å². The second kappa shape index (κ2) is 7.68. The van der Waals surface area contributed by atoms with E-state index in [0.717, 1.165) is 11.3 Å². The number of ether oxygens (including phenoxy) is 1. The molecule has 2 aromatic carbocycles. The molecule has 7 nitrogen and oxygen atoms in total. The van der Waals surface area contributed by atoms with Gasteiger partial charge in [-0.05, 0) is 37.1 Å². The Morgan fingerprint density at radius 1 is 1.07 bits per heavy atom. The van der Waals surface area contributed by atoms with Crippen LogP contribution in [0.15, 0.2) is 53.4 Å². The number of likely N-dealkylation sites (N-methyl/N-ethyl adjacent to an activating group) is 1. The van der Waals surface area contributed by atoms with Crippen molar-refractivity contribution in [3.05, 3.63) is 54.1 Å². The van der Waals surface area contributed by atoms with Crippen LogP contribution in [-0.2, 0) is 10.0 Å². The number of nitrogens with zero attached hydrogens (tertiary/aromatic N) is 2. The molecule has 2 atom stereocenters. The molecule has 0 bridgehead atoms. The summed E-state index contributed by atoms with van der Waals surface area (Å²) < 4.78 is 33.6. The van der Waals surface area contributed by atoms with Gasteiger partial charge in [0.2, 0.25) is 10.0 Å². The number of likely N-dealkylation sites (tertiary alicyclic amines) is 1. The van der Waals surface area contributed by atoms with Crippen LogP contribution < -0.4 is 10.1 Å². The first-order valence-electron chi connectivity index (χ1n) is 9.73. The van der Waals surface area contributed by atoms with E-state index in [2.05, 4.69) is 5.32 Å². The number of rotatable bonds is 1. The number of aryl methyl sites for hydroxylation is 1. The third kappa shape index (κ3) is 3.70. The average Bonchev–Trinajstić information content (AvgIpc) is 2.95. The lowest BCUT2D eigenvalue weighted by molar-refractivity contribution is 0.122. The van der Waals surface area contributed by atoms with E-state index in [1.54, 1.807) is 36.2 Å². The Labute approximate surface area is 171 Å². The molecule has 0 unspecified atom stereocenters. The number of hydrogen-bond donors (Lipinski definition) is 1. The average molecular weight is 416 g/mol. The van der Waals surface area contributed by atoms with Gasteiger partial charge in [-0.3, -0.25) is 0 Å². The molecule has 29 heavy (non-hydrogen) atoms. The van der Waals surface area contributed by atoms with Crippen LogP contribution in [0.4, 0.5) is 10.5 Å². The molecular formula is C21H25N3O4S. The number of nitrogens with one attached hydrogen (secondary N) is 1. The molecule has 1 fully saturated rings. The molecule has 2 aliphatic rings. The second-order valence-electron chi connectivity index (χ2n) is 7.50. The zero-order chi connectivity index (χ0) is 20.6. The van der Waals surface area contributed by atoms with Gasteiger partial charge in [0.25, 0.3) is 0 Å². The smallest absolute Gasteiger partial charge is 0.321 e. The molecule has 2 amide bonds. The standard InChI is InChI=1S/C21H25N3O4S/c1-15-7-3-4-8-16(15)22-21(25)24-13-11-17-18(12-14-24)28-19-9-5-6-10-20(19)29(26,27)23(17)2/h3-10,17-18H,11-14H2,1-2H3,(H,22,25)/t17-,18-/m0/s1. The van der Waals surface area contributed by atoms with E-state index in [9.17, 15) is 13.2 Å². The van der Waals surface area contributed by atoms with Crippen molar-refractivity contribution in [2.24, 2.45) is 0 Å². The number of carbonyl (C=O) groups excluding carboxylic acids is 1. The highest BCUT2D eigenvalue weighted by Crippen LogP contribution is 2.35. The summed E-state index contributed by atoms with van der Waals surface area (Å²) in [7, 11) is -2.05. The number of benzene rings is 2. The second-order valence-corrected chi connectivity index (χ2v) is 9.47. The molecule has 0 spiro atoms. The summed E-state index contributed by atoms with van der Waals surface area (Å²) in [5.74, 6) is 0.379. The van der Waals surface area contributed by atoms with E-state index in [1.165, 1.54) is 4.31 Å². The van der Waals surface area contributed by atoms with Crippen LogP contribution in [0.25, 0.3) is 0 Å². The third-order valence-corrected chi connectivity index (χ3v) is 7.66. The van der Waals surface area contributed by atoms with Crippen molar-refractivity contribution in [3.8, 4) is 5.75 Å². The predicted octanol–water partition coefficient (Wildman–Crippen LogP) is 3.07. The number of carbonyl (C=O) groups is 1. The van der Waals surface area contributed by atoms with Crippen molar-refractivity contribution in [3.63, 3.8) is 0 Å². The molecule has 8 heteroatoms. The summed E-state index contributed by atoms with van der Waals surface area (Å²) in [5.41, 5.74) is 1.77. The Kier molecular flexibility index (Phi) is 5.23. The highest BCUT2D eigenvalue weighted by Gasteiger charge is 2.41. The van der Waals surface area contributed by atoms with Gasteiger partial charge in [-0.15, -0.1) is 0 Å². The van der Waals surface area contributed by atoms with Crippen LogP contribution in [0.5, 0.6) is 5.75 Å². The predicted molar refractivity (Wildman–Crippen MR) is 111 cm³/mol. The zero-order valence-electron chi connectivity index (χ0n) is 16.5. The Bertz CT molecular complexity index is 1020. The minimum absolute atomic E-state index is 0.179. The van der Waals surface area contributed by atoms with Crippen molar-refractivity contribution in [2.75, 3.05) is 25.5 Å². The summed E-state index contributed by atoms with van der Waals surface area (Å²) in [6, 6.07) is 13.9. The number of fused-ring (bicyclic) bond motifs is 2. The van der Waals surface area contributed by atoms with Crippen LogP contribution in [0, 0.1) is 6.92 Å². The maximum atomic E-state index is 13.0. The number of anilines is 1. The summed E-state index contributed by atoms with van der Waals surface area (Å²) in [6.07, 6.45) is 0.755. The molecule has 1 saturated heterocycles. The molecule has 2 heterocycles. The number of sulfonamides is 1. The zero-order valence-corrected chi connectivity index (χ0v) is 17.4. The van der Waals surface area contributed by atoms with E-state index in [4.69, 9.17) is 4.74 Å². The third-order valence-electron chi connectivity index (χ3n) is 5.73. The lowest BCUT2D eigenvalue weighted by Gasteiger charge is -2.28. The molecule has 154 valence electrons. The van der Waals surface area contributed by atoms with Gasteiger partial charge in [0, 0.05) is 32.2 Å². The van der Waals surface area contributed by atoms with Gasteiger partial charge >= 0.3 is 6.03 Å². The van der Waals surface area contributed by atoms with Gasteiger partial charge in [0.05, 0.1) is 6.04 Å². The summed E-state index contributed by atoms with van der Waals surface area (Å²) >= 11 is 0. The van der Waals surface area contributed by atoms with Gasteiger partial charge in [-0.25, -0.2) is 13.2 Å². The fourth-order valence-corrected chi connectivity index (χ4v) is 5.51. The molecule has 0 aliphatic carbocycles. The van der Waals surface area contributed by atoms with Crippen LogP contribution >= 0.6 is 0 Å². The van der Waals surface area contributed by atoms with Crippen molar-refractivity contribution in [1.29, 1.82) is 0 Å². The molecular weight excluding hydrogens is 390 g/mol. The first kappa shape index (κ1) is 19.7. The maximum Gasteiger partial charge on any atom is 0.321 e. The minimum atomic E-state index is -3.65. The number of amides is 2. The monoisotopic (exact) mass is 415 g/mol. The van der Waals surface area contributed by atoms with E-state index < -0.39 is 10.0 Å². The molecule has 0 radical (unpaired) electrons. The normalized spacial score (nSPS) is 23.7. The van der Waals surface area contributed by atoms with E-state index >= 15 is 0 Å². The van der Waals surface area contributed by atoms with Gasteiger partial charge in [-0.1, -0.05) is 30.3 Å². The summed E-state index contributed by atoms with van der Waals surface area (Å²) in [6.45, 7) is 2.90. The maximum absolute atomic E-state index is 13.0. The van der Waals surface area contributed by atoms with Gasteiger partial charge < -0.3 is 15.0 Å². The van der Waals surface area contributed by atoms with Crippen LogP contribution in [0.2, 0.25) is 0 Å².